The minimum Gasteiger partial charge on any atom is -0.493 e. The number of rotatable bonds is 7. The lowest BCUT2D eigenvalue weighted by molar-refractivity contribution is -0.118. The number of primary amides is 1. The van der Waals surface area contributed by atoms with Crippen molar-refractivity contribution in [2.75, 3.05) is 19.0 Å². The summed E-state index contributed by atoms with van der Waals surface area (Å²) in [6.45, 7) is -0.267. The van der Waals surface area contributed by atoms with Gasteiger partial charge in [-0.3, -0.25) is 14.9 Å². The molecule has 9 nitrogen and oxygen atoms in total. The number of amides is 4. The molecule has 0 fully saturated rings. The highest BCUT2D eigenvalue weighted by atomic mass is 79.9. The molecule has 2 rings (SSSR count). The van der Waals surface area contributed by atoms with Crippen LogP contribution >= 0.6 is 15.9 Å². The lowest BCUT2D eigenvalue weighted by atomic mass is 10.1. The van der Waals surface area contributed by atoms with Gasteiger partial charge in [-0.25, -0.2) is 4.79 Å². The number of carbonyl (C=O) groups is 3. The molecule has 4 amide bonds. The standard InChI is InChI=1S/C20H17BrN4O5/c1-29-16-8-12(7-13(10-22)19(27)25-20(23)28)15(21)9-17(16)30-11-18(26)24-14-5-3-2-4-6-14/h2-9H,11H2,1H3,(H,24,26)(H3,23,25,27,28)/b13-7-. The zero-order chi connectivity index (χ0) is 22.1. The number of nitrogens with two attached hydrogens (primary N) is 1. The van der Waals surface area contributed by atoms with Gasteiger partial charge < -0.3 is 20.5 Å². The van der Waals surface area contributed by atoms with Gasteiger partial charge in [0.25, 0.3) is 11.8 Å². The van der Waals surface area contributed by atoms with Crippen LogP contribution in [0.1, 0.15) is 5.56 Å². The normalized spacial score (nSPS) is 10.5. The van der Waals surface area contributed by atoms with Gasteiger partial charge in [0, 0.05) is 10.2 Å². The molecule has 10 heteroatoms. The van der Waals surface area contributed by atoms with Crippen molar-refractivity contribution in [2.45, 2.75) is 0 Å². The highest BCUT2D eigenvalue weighted by Gasteiger charge is 2.15. The third kappa shape index (κ3) is 6.35. The van der Waals surface area contributed by atoms with Crippen molar-refractivity contribution >= 4 is 45.5 Å². The molecule has 0 saturated carbocycles. The van der Waals surface area contributed by atoms with Gasteiger partial charge in [0.05, 0.1) is 7.11 Å². The highest BCUT2D eigenvalue weighted by molar-refractivity contribution is 9.10. The summed E-state index contributed by atoms with van der Waals surface area (Å²) in [4.78, 5) is 34.7. The van der Waals surface area contributed by atoms with Gasteiger partial charge in [0.2, 0.25) is 0 Å². The summed E-state index contributed by atoms with van der Waals surface area (Å²) in [6.07, 6.45) is 1.25. The van der Waals surface area contributed by atoms with E-state index in [9.17, 15) is 14.4 Å². The fourth-order valence-corrected chi connectivity index (χ4v) is 2.72. The Morgan fingerprint density at radius 2 is 1.90 bits per heavy atom. The molecule has 0 atom stereocenters. The van der Waals surface area contributed by atoms with Crippen LogP contribution < -0.4 is 25.8 Å². The summed E-state index contributed by atoms with van der Waals surface area (Å²) < 4.78 is 11.3. The largest absolute Gasteiger partial charge is 0.493 e. The molecule has 2 aromatic rings. The van der Waals surface area contributed by atoms with E-state index in [1.54, 1.807) is 30.3 Å². The second-order valence-electron chi connectivity index (χ2n) is 5.72. The molecule has 0 bridgehead atoms. The third-order valence-electron chi connectivity index (χ3n) is 3.60. The van der Waals surface area contributed by atoms with E-state index in [4.69, 9.17) is 20.5 Å². The Labute approximate surface area is 180 Å². The minimum absolute atomic E-state index is 0.267. The molecule has 0 aliphatic carbocycles. The molecular formula is C20H17BrN4O5. The van der Waals surface area contributed by atoms with Crippen LogP contribution in [0.25, 0.3) is 6.08 Å². The van der Waals surface area contributed by atoms with Crippen molar-refractivity contribution in [3.05, 3.63) is 58.1 Å². The Morgan fingerprint density at radius 3 is 2.50 bits per heavy atom. The molecule has 0 aromatic heterocycles. The molecule has 0 spiro atoms. The number of nitrogens with one attached hydrogen (secondary N) is 2. The van der Waals surface area contributed by atoms with Gasteiger partial charge in [-0.1, -0.05) is 34.1 Å². The van der Waals surface area contributed by atoms with E-state index in [0.717, 1.165) is 0 Å². The fraction of sp³-hybridized carbons (Fsp3) is 0.100. The van der Waals surface area contributed by atoms with Crippen LogP contribution in [0.2, 0.25) is 0 Å². The van der Waals surface area contributed by atoms with E-state index in [1.165, 1.54) is 25.3 Å². The Hall–Kier alpha value is -3.84. The van der Waals surface area contributed by atoms with E-state index >= 15 is 0 Å². The van der Waals surface area contributed by atoms with Crippen molar-refractivity contribution in [3.8, 4) is 17.6 Å². The summed E-state index contributed by atoms with van der Waals surface area (Å²) in [5, 5.41) is 13.7. The van der Waals surface area contributed by atoms with Crippen molar-refractivity contribution < 1.29 is 23.9 Å². The number of para-hydroxylation sites is 1. The number of carbonyl (C=O) groups excluding carboxylic acids is 3. The number of imide groups is 1. The lowest BCUT2D eigenvalue weighted by Crippen LogP contribution is -2.35. The molecule has 0 aliphatic rings. The summed E-state index contributed by atoms with van der Waals surface area (Å²) >= 11 is 3.32. The summed E-state index contributed by atoms with van der Waals surface area (Å²) in [5.74, 6) is -0.763. The molecule has 0 heterocycles. The lowest BCUT2D eigenvalue weighted by Gasteiger charge is -2.13. The zero-order valence-electron chi connectivity index (χ0n) is 15.8. The predicted molar refractivity (Wildman–Crippen MR) is 113 cm³/mol. The van der Waals surface area contributed by atoms with Gasteiger partial charge in [0.1, 0.15) is 11.6 Å². The molecule has 4 N–H and O–H groups in total. The fourth-order valence-electron chi connectivity index (χ4n) is 2.28. The number of benzene rings is 2. The summed E-state index contributed by atoms with van der Waals surface area (Å²) in [5.41, 5.74) is 5.60. The second-order valence-corrected chi connectivity index (χ2v) is 6.57. The Kier molecular flexibility index (Phi) is 7.96. The van der Waals surface area contributed by atoms with Crippen molar-refractivity contribution in [3.63, 3.8) is 0 Å². The number of urea groups is 1. The van der Waals surface area contributed by atoms with Gasteiger partial charge in [-0.05, 0) is 35.9 Å². The Balaban J connectivity index is 2.17. The number of methoxy groups -OCH3 is 1. The van der Waals surface area contributed by atoms with Gasteiger partial charge in [-0.2, -0.15) is 5.26 Å². The second kappa shape index (κ2) is 10.6. The Morgan fingerprint density at radius 1 is 1.20 bits per heavy atom. The van der Waals surface area contributed by atoms with Gasteiger partial charge in [0.15, 0.2) is 18.1 Å². The summed E-state index contributed by atoms with van der Waals surface area (Å²) in [7, 11) is 1.40. The van der Waals surface area contributed by atoms with Crippen LogP contribution in [-0.2, 0) is 9.59 Å². The maximum absolute atomic E-state index is 12.1. The van der Waals surface area contributed by atoms with E-state index < -0.39 is 11.9 Å². The van der Waals surface area contributed by atoms with Crippen LogP contribution in [0.4, 0.5) is 10.5 Å². The zero-order valence-corrected chi connectivity index (χ0v) is 17.4. The van der Waals surface area contributed by atoms with Crippen LogP contribution in [0, 0.1) is 11.3 Å². The number of nitriles is 1. The van der Waals surface area contributed by atoms with Crippen molar-refractivity contribution in [1.82, 2.24) is 5.32 Å². The predicted octanol–water partition coefficient (Wildman–Crippen LogP) is 2.58. The number of halogens is 1. The number of nitrogens with zero attached hydrogens (tertiary/aromatic N) is 1. The molecule has 0 unspecified atom stereocenters. The average Bonchev–Trinajstić information content (AvgIpc) is 2.71. The molecule has 0 saturated heterocycles. The average molecular weight is 473 g/mol. The third-order valence-corrected chi connectivity index (χ3v) is 4.29. The van der Waals surface area contributed by atoms with Crippen molar-refractivity contribution in [2.24, 2.45) is 5.73 Å². The molecule has 0 aliphatic heterocycles. The SMILES string of the molecule is COc1cc(/C=C(/C#N)C(=O)NC(N)=O)c(Br)cc1OCC(=O)Nc1ccccc1. The molecule has 2 aromatic carbocycles. The monoisotopic (exact) mass is 472 g/mol. The molecule has 154 valence electrons. The minimum atomic E-state index is -1.07. The van der Waals surface area contributed by atoms with E-state index in [1.807, 2.05) is 11.4 Å². The van der Waals surface area contributed by atoms with Crippen LogP contribution in [-0.4, -0.2) is 31.6 Å². The number of hydrogen-bond donors (Lipinski definition) is 3. The molecule has 0 radical (unpaired) electrons. The van der Waals surface area contributed by atoms with Gasteiger partial charge >= 0.3 is 6.03 Å². The number of ether oxygens (including phenoxy) is 2. The maximum atomic E-state index is 12.1. The smallest absolute Gasteiger partial charge is 0.319 e. The quantitative estimate of drug-likeness (QED) is 0.417. The molecular weight excluding hydrogens is 456 g/mol. The van der Waals surface area contributed by atoms with E-state index in [2.05, 4.69) is 21.2 Å². The van der Waals surface area contributed by atoms with Crippen LogP contribution in [0.5, 0.6) is 11.5 Å². The van der Waals surface area contributed by atoms with Gasteiger partial charge in [-0.15, -0.1) is 0 Å². The van der Waals surface area contributed by atoms with Crippen molar-refractivity contribution in [1.29, 1.82) is 5.26 Å². The maximum Gasteiger partial charge on any atom is 0.319 e. The van der Waals surface area contributed by atoms with E-state index in [-0.39, 0.29) is 29.6 Å². The number of hydrogen-bond acceptors (Lipinski definition) is 6. The van der Waals surface area contributed by atoms with E-state index in [0.29, 0.717) is 15.7 Å². The topological polar surface area (TPSA) is 144 Å². The van der Waals surface area contributed by atoms with Crippen LogP contribution in [0.15, 0.2) is 52.5 Å². The number of anilines is 1. The highest BCUT2D eigenvalue weighted by Crippen LogP contribution is 2.34. The summed E-state index contributed by atoms with van der Waals surface area (Å²) in [6, 6.07) is 12.6. The first-order chi connectivity index (χ1) is 14.3. The first kappa shape index (κ1) is 22.4. The Bertz CT molecular complexity index is 1030. The molecule has 30 heavy (non-hydrogen) atoms. The first-order valence-corrected chi connectivity index (χ1v) is 9.21. The van der Waals surface area contributed by atoms with Crippen LogP contribution in [0.3, 0.4) is 0 Å². The first-order valence-electron chi connectivity index (χ1n) is 8.42.